The largest absolute Gasteiger partial charge is 0.336 e. The third-order valence-electron chi connectivity index (χ3n) is 5.54. The monoisotopic (exact) mass is 381 g/mol. The smallest absolute Gasteiger partial charge is 0.256 e. The van der Waals surface area contributed by atoms with E-state index in [1.165, 1.54) is 11.6 Å². The molecule has 0 spiro atoms. The molecule has 0 aliphatic carbocycles. The average Bonchev–Trinajstić information content (AvgIpc) is 2.72. The number of amides is 2. The quantitative estimate of drug-likeness (QED) is 0.886. The molecule has 2 aromatic carbocycles. The van der Waals surface area contributed by atoms with Gasteiger partial charge < -0.3 is 10.2 Å². The molecule has 1 fully saturated rings. The fourth-order valence-corrected chi connectivity index (χ4v) is 3.84. The van der Waals surface area contributed by atoms with Crippen LogP contribution in [-0.4, -0.2) is 54.3 Å². The van der Waals surface area contributed by atoms with Gasteiger partial charge in [-0.15, -0.1) is 0 Å². The Kier molecular flexibility index (Phi) is 5.39. The fourth-order valence-electron chi connectivity index (χ4n) is 3.84. The second-order valence-electron chi connectivity index (χ2n) is 7.41. The van der Waals surface area contributed by atoms with Gasteiger partial charge >= 0.3 is 0 Å². The number of nitrogens with zero attached hydrogens (tertiary/aromatic N) is 2. The third kappa shape index (κ3) is 4.07. The summed E-state index contributed by atoms with van der Waals surface area (Å²) >= 11 is 0. The van der Waals surface area contributed by atoms with Crippen LogP contribution in [0, 0.1) is 5.82 Å². The summed E-state index contributed by atoms with van der Waals surface area (Å²) in [6.07, 6.45) is 1.89. The van der Waals surface area contributed by atoms with Gasteiger partial charge in [-0.05, 0) is 36.1 Å². The zero-order valence-corrected chi connectivity index (χ0v) is 15.8. The van der Waals surface area contributed by atoms with Gasteiger partial charge in [0.2, 0.25) is 5.91 Å². The molecule has 1 N–H and O–H groups in total. The zero-order chi connectivity index (χ0) is 19.5. The first-order chi connectivity index (χ1) is 13.6. The number of nitrogens with one attached hydrogen (secondary N) is 1. The number of fused-ring (bicyclic) bond motifs is 1. The topological polar surface area (TPSA) is 52.7 Å². The van der Waals surface area contributed by atoms with Gasteiger partial charge in [0, 0.05) is 44.8 Å². The van der Waals surface area contributed by atoms with E-state index in [0.717, 1.165) is 31.6 Å². The van der Waals surface area contributed by atoms with Crippen molar-refractivity contribution in [2.45, 2.75) is 19.3 Å². The van der Waals surface area contributed by atoms with Gasteiger partial charge in [-0.2, -0.15) is 0 Å². The Morgan fingerprint density at radius 3 is 2.54 bits per heavy atom. The highest BCUT2D eigenvalue weighted by atomic mass is 19.1. The highest BCUT2D eigenvalue weighted by Gasteiger charge is 2.26. The van der Waals surface area contributed by atoms with Crippen molar-refractivity contribution in [2.75, 3.05) is 38.0 Å². The van der Waals surface area contributed by atoms with E-state index >= 15 is 0 Å². The standard InChI is InChI=1S/C22H24FN3O2/c23-19-15-20-17(6-7-21(27)24-20)14-18(19)22(28)26-12-10-25(11-13-26)9-8-16-4-2-1-3-5-16/h1-5,14-15H,6-13H2,(H,24,27). The van der Waals surface area contributed by atoms with Crippen molar-refractivity contribution < 1.29 is 14.0 Å². The molecule has 2 amide bonds. The number of rotatable bonds is 4. The van der Waals surface area contributed by atoms with Gasteiger partial charge in [0.1, 0.15) is 5.82 Å². The minimum absolute atomic E-state index is 0.104. The number of anilines is 1. The lowest BCUT2D eigenvalue weighted by Crippen LogP contribution is -2.49. The summed E-state index contributed by atoms with van der Waals surface area (Å²) in [5.41, 5.74) is 2.72. The van der Waals surface area contributed by atoms with E-state index in [-0.39, 0.29) is 17.4 Å². The maximum absolute atomic E-state index is 14.5. The van der Waals surface area contributed by atoms with Crippen LogP contribution in [0.4, 0.5) is 10.1 Å². The molecule has 1 saturated heterocycles. The molecule has 2 heterocycles. The van der Waals surface area contributed by atoms with Crippen molar-refractivity contribution in [1.29, 1.82) is 0 Å². The number of piperazine rings is 1. The van der Waals surface area contributed by atoms with Crippen molar-refractivity contribution in [3.63, 3.8) is 0 Å². The number of aryl methyl sites for hydroxylation is 1. The highest BCUT2D eigenvalue weighted by Crippen LogP contribution is 2.26. The zero-order valence-electron chi connectivity index (χ0n) is 15.8. The number of hydrogen-bond acceptors (Lipinski definition) is 3. The molecule has 6 heteroatoms. The van der Waals surface area contributed by atoms with Crippen molar-refractivity contribution in [3.8, 4) is 0 Å². The normalized spacial score (nSPS) is 17.2. The Morgan fingerprint density at radius 2 is 1.79 bits per heavy atom. The molecule has 0 aromatic heterocycles. The molecule has 2 aliphatic heterocycles. The Bertz CT molecular complexity index is 877. The molecule has 5 nitrogen and oxygen atoms in total. The van der Waals surface area contributed by atoms with Gasteiger partial charge in [0.15, 0.2) is 0 Å². The summed E-state index contributed by atoms with van der Waals surface area (Å²) in [5, 5.41) is 2.67. The van der Waals surface area contributed by atoms with Crippen LogP contribution in [0.3, 0.4) is 0 Å². The Hall–Kier alpha value is -2.73. The number of hydrogen-bond donors (Lipinski definition) is 1. The molecular weight excluding hydrogens is 357 g/mol. The lowest BCUT2D eigenvalue weighted by Gasteiger charge is -2.35. The molecule has 0 unspecified atom stereocenters. The second-order valence-corrected chi connectivity index (χ2v) is 7.41. The number of halogens is 1. The summed E-state index contributed by atoms with van der Waals surface area (Å²) in [4.78, 5) is 28.4. The Balaban J connectivity index is 1.36. The van der Waals surface area contributed by atoms with Crippen molar-refractivity contribution in [2.24, 2.45) is 0 Å². The molecule has 28 heavy (non-hydrogen) atoms. The molecular formula is C22H24FN3O2. The lowest BCUT2D eigenvalue weighted by molar-refractivity contribution is -0.116. The summed E-state index contributed by atoms with van der Waals surface area (Å²) in [7, 11) is 0. The van der Waals surface area contributed by atoms with Gasteiger partial charge in [-0.3, -0.25) is 14.5 Å². The first-order valence-corrected chi connectivity index (χ1v) is 9.78. The van der Waals surface area contributed by atoms with E-state index in [0.29, 0.717) is 31.6 Å². The van der Waals surface area contributed by atoms with E-state index in [2.05, 4.69) is 22.3 Å². The average molecular weight is 381 g/mol. The third-order valence-corrected chi connectivity index (χ3v) is 5.54. The van der Waals surface area contributed by atoms with Gasteiger partial charge in [0.05, 0.1) is 5.56 Å². The van der Waals surface area contributed by atoms with Crippen LogP contribution >= 0.6 is 0 Å². The lowest BCUT2D eigenvalue weighted by atomic mass is 9.99. The van der Waals surface area contributed by atoms with Crippen molar-refractivity contribution >= 4 is 17.5 Å². The van der Waals surface area contributed by atoms with Gasteiger partial charge in [0.25, 0.3) is 5.91 Å². The molecule has 146 valence electrons. The second kappa shape index (κ2) is 8.10. The molecule has 4 rings (SSSR count). The highest BCUT2D eigenvalue weighted by molar-refractivity contribution is 5.98. The number of carbonyl (C=O) groups excluding carboxylic acids is 2. The first-order valence-electron chi connectivity index (χ1n) is 9.78. The van der Waals surface area contributed by atoms with E-state index in [1.54, 1.807) is 11.0 Å². The minimum atomic E-state index is -0.572. The van der Waals surface area contributed by atoms with Crippen LogP contribution in [0.5, 0.6) is 0 Å². The van der Waals surface area contributed by atoms with Crippen LogP contribution in [-0.2, 0) is 17.6 Å². The van der Waals surface area contributed by atoms with E-state index in [4.69, 9.17) is 0 Å². The molecule has 2 aromatic rings. The van der Waals surface area contributed by atoms with E-state index in [9.17, 15) is 14.0 Å². The summed E-state index contributed by atoms with van der Waals surface area (Å²) < 4.78 is 14.5. The molecule has 0 radical (unpaired) electrons. The van der Waals surface area contributed by atoms with Crippen LogP contribution in [0.1, 0.15) is 27.9 Å². The molecule has 0 bridgehead atoms. The maximum atomic E-state index is 14.5. The number of carbonyl (C=O) groups is 2. The molecule has 2 aliphatic rings. The van der Waals surface area contributed by atoms with Crippen molar-refractivity contribution in [1.82, 2.24) is 9.80 Å². The van der Waals surface area contributed by atoms with Crippen LogP contribution in [0.2, 0.25) is 0 Å². The summed E-state index contributed by atoms with van der Waals surface area (Å²) in [6.45, 7) is 3.74. The fraction of sp³-hybridized carbons (Fsp3) is 0.364. The minimum Gasteiger partial charge on any atom is -0.336 e. The van der Waals surface area contributed by atoms with Gasteiger partial charge in [-0.1, -0.05) is 30.3 Å². The molecule has 0 atom stereocenters. The predicted molar refractivity (Wildman–Crippen MR) is 106 cm³/mol. The maximum Gasteiger partial charge on any atom is 0.256 e. The molecule has 0 saturated carbocycles. The first kappa shape index (κ1) is 18.6. The van der Waals surface area contributed by atoms with Crippen LogP contribution < -0.4 is 5.32 Å². The summed E-state index contributed by atoms with van der Waals surface area (Å²) in [6, 6.07) is 13.2. The van der Waals surface area contributed by atoms with Crippen LogP contribution in [0.25, 0.3) is 0 Å². The Morgan fingerprint density at radius 1 is 1.04 bits per heavy atom. The predicted octanol–water partition coefficient (Wildman–Crippen LogP) is 2.71. The summed E-state index contributed by atoms with van der Waals surface area (Å²) in [5.74, 6) is -0.949. The van der Waals surface area contributed by atoms with Gasteiger partial charge in [-0.25, -0.2) is 4.39 Å². The SMILES string of the molecule is O=C1CCc2cc(C(=O)N3CCN(CCc4ccccc4)CC3)c(F)cc2N1. The van der Waals surface area contributed by atoms with E-state index in [1.807, 2.05) is 18.2 Å². The van der Waals surface area contributed by atoms with E-state index < -0.39 is 5.82 Å². The Labute approximate surface area is 164 Å². The van der Waals surface area contributed by atoms with Crippen LogP contribution in [0.15, 0.2) is 42.5 Å². The van der Waals surface area contributed by atoms with Crippen molar-refractivity contribution in [3.05, 3.63) is 65.0 Å². The number of benzene rings is 2.